The largest absolute Gasteiger partial charge is 0.370 e. The first-order valence-electron chi connectivity index (χ1n) is 11.2. The standard InChI is InChI=1S/C23H28N6O5/c1-3-26(4-2)23(30)17-6-5-13-27(16-17)22-12-11-21(29(33)34)14-18(22)15-24-25-19-7-9-20(10-8-19)28(31)32/h7-12,14-15,17,25H,3-6,13,16H2,1-2H3/b24-15-/t17-/m0/s1. The summed E-state index contributed by atoms with van der Waals surface area (Å²) < 4.78 is 0. The van der Waals surface area contributed by atoms with E-state index in [0.717, 1.165) is 25.1 Å². The second kappa shape index (κ2) is 11.2. The van der Waals surface area contributed by atoms with Crippen molar-refractivity contribution >= 4 is 34.9 Å². The molecule has 0 saturated carbocycles. The highest BCUT2D eigenvalue weighted by atomic mass is 16.6. The van der Waals surface area contributed by atoms with Crippen molar-refractivity contribution in [3.05, 3.63) is 68.3 Å². The molecule has 0 aliphatic carbocycles. The van der Waals surface area contributed by atoms with Crippen LogP contribution in [0.3, 0.4) is 0 Å². The number of nitrogens with zero attached hydrogens (tertiary/aromatic N) is 5. The molecule has 0 spiro atoms. The van der Waals surface area contributed by atoms with Crippen molar-refractivity contribution in [2.45, 2.75) is 26.7 Å². The van der Waals surface area contributed by atoms with Gasteiger partial charge in [0.1, 0.15) is 0 Å². The summed E-state index contributed by atoms with van der Waals surface area (Å²) in [7, 11) is 0. The van der Waals surface area contributed by atoms with Crippen LogP contribution < -0.4 is 10.3 Å². The quantitative estimate of drug-likeness (QED) is 0.333. The molecular weight excluding hydrogens is 440 g/mol. The summed E-state index contributed by atoms with van der Waals surface area (Å²) in [6.07, 6.45) is 3.13. The van der Waals surface area contributed by atoms with Crippen molar-refractivity contribution in [2.24, 2.45) is 11.0 Å². The van der Waals surface area contributed by atoms with Gasteiger partial charge in [-0.3, -0.25) is 30.4 Å². The zero-order valence-electron chi connectivity index (χ0n) is 19.2. The van der Waals surface area contributed by atoms with Gasteiger partial charge in [-0.05, 0) is 44.9 Å². The number of nitro benzene ring substituents is 2. The van der Waals surface area contributed by atoms with Crippen LogP contribution in [0.2, 0.25) is 0 Å². The van der Waals surface area contributed by atoms with E-state index in [0.29, 0.717) is 30.9 Å². The van der Waals surface area contributed by atoms with E-state index in [4.69, 9.17) is 0 Å². The first-order chi connectivity index (χ1) is 16.3. The number of nitro groups is 2. The summed E-state index contributed by atoms with van der Waals surface area (Å²) in [6.45, 7) is 6.51. The Morgan fingerprint density at radius 3 is 2.38 bits per heavy atom. The summed E-state index contributed by atoms with van der Waals surface area (Å²) in [6, 6.07) is 10.4. The predicted octanol–water partition coefficient (Wildman–Crippen LogP) is 4.03. The van der Waals surface area contributed by atoms with Crippen molar-refractivity contribution in [3.8, 4) is 0 Å². The number of hydrogen-bond acceptors (Lipinski definition) is 8. The van der Waals surface area contributed by atoms with Crippen molar-refractivity contribution in [2.75, 3.05) is 36.5 Å². The molecular formula is C23H28N6O5. The number of non-ortho nitro benzene ring substituents is 2. The van der Waals surface area contributed by atoms with E-state index in [9.17, 15) is 25.0 Å². The zero-order valence-corrected chi connectivity index (χ0v) is 19.2. The molecule has 1 heterocycles. The van der Waals surface area contributed by atoms with Gasteiger partial charge in [0.05, 0.1) is 27.7 Å². The highest BCUT2D eigenvalue weighted by Gasteiger charge is 2.29. The number of hydrogen-bond donors (Lipinski definition) is 1. The number of hydrazone groups is 1. The van der Waals surface area contributed by atoms with Crippen molar-refractivity contribution in [1.29, 1.82) is 0 Å². The number of benzene rings is 2. The van der Waals surface area contributed by atoms with Crippen LogP contribution in [0.15, 0.2) is 47.6 Å². The Hall–Kier alpha value is -4.02. The highest BCUT2D eigenvalue weighted by molar-refractivity contribution is 5.90. The van der Waals surface area contributed by atoms with E-state index >= 15 is 0 Å². The lowest BCUT2D eigenvalue weighted by molar-refractivity contribution is -0.385. The highest BCUT2D eigenvalue weighted by Crippen LogP contribution is 2.29. The minimum Gasteiger partial charge on any atom is -0.370 e. The molecule has 3 rings (SSSR count). The van der Waals surface area contributed by atoms with Gasteiger partial charge in [-0.1, -0.05) is 0 Å². The predicted molar refractivity (Wildman–Crippen MR) is 130 cm³/mol. The molecule has 1 N–H and O–H groups in total. The van der Waals surface area contributed by atoms with Crippen LogP contribution >= 0.6 is 0 Å². The molecule has 0 unspecified atom stereocenters. The summed E-state index contributed by atoms with van der Waals surface area (Å²) >= 11 is 0. The van der Waals surface area contributed by atoms with Crippen LogP contribution in [0.1, 0.15) is 32.3 Å². The number of nitrogens with one attached hydrogen (secondary N) is 1. The molecule has 1 fully saturated rings. The third kappa shape index (κ3) is 5.85. The minimum atomic E-state index is -0.487. The molecule has 34 heavy (non-hydrogen) atoms. The monoisotopic (exact) mass is 468 g/mol. The van der Waals surface area contributed by atoms with Crippen LogP contribution in [0.25, 0.3) is 0 Å². The fourth-order valence-electron chi connectivity index (χ4n) is 4.07. The molecule has 2 aromatic rings. The Balaban J connectivity index is 1.82. The number of anilines is 2. The van der Waals surface area contributed by atoms with Crippen molar-refractivity contribution in [3.63, 3.8) is 0 Å². The van der Waals surface area contributed by atoms with E-state index in [1.54, 1.807) is 6.07 Å². The molecule has 1 atom stereocenters. The maximum absolute atomic E-state index is 12.9. The Morgan fingerprint density at radius 2 is 1.76 bits per heavy atom. The lowest BCUT2D eigenvalue weighted by Crippen LogP contribution is -2.45. The molecule has 0 radical (unpaired) electrons. The average Bonchev–Trinajstić information content (AvgIpc) is 2.85. The fourth-order valence-corrected chi connectivity index (χ4v) is 4.07. The van der Waals surface area contributed by atoms with Gasteiger partial charge < -0.3 is 9.80 Å². The van der Waals surface area contributed by atoms with E-state index in [-0.39, 0.29) is 23.2 Å². The topological polar surface area (TPSA) is 134 Å². The van der Waals surface area contributed by atoms with Crippen LogP contribution in [-0.2, 0) is 4.79 Å². The Labute approximate surface area is 197 Å². The second-order valence-electron chi connectivity index (χ2n) is 7.97. The molecule has 180 valence electrons. The first-order valence-corrected chi connectivity index (χ1v) is 11.2. The van der Waals surface area contributed by atoms with E-state index in [1.807, 2.05) is 18.7 Å². The third-order valence-electron chi connectivity index (χ3n) is 5.88. The van der Waals surface area contributed by atoms with E-state index < -0.39 is 9.85 Å². The molecule has 1 saturated heterocycles. The molecule has 0 aromatic heterocycles. The Morgan fingerprint density at radius 1 is 1.12 bits per heavy atom. The zero-order chi connectivity index (χ0) is 24.7. The van der Waals surface area contributed by atoms with Gasteiger partial charge >= 0.3 is 0 Å². The summed E-state index contributed by atoms with van der Waals surface area (Å²) in [5.41, 5.74) is 4.54. The molecule has 1 amide bonds. The van der Waals surface area contributed by atoms with Crippen molar-refractivity contribution < 1.29 is 14.6 Å². The number of carbonyl (C=O) groups excluding carboxylic acids is 1. The van der Waals surface area contributed by atoms with Crippen LogP contribution in [0.5, 0.6) is 0 Å². The van der Waals surface area contributed by atoms with Gasteiger partial charge in [0.25, 0.3) is 11.4 Å². The van der Waals surface area contributed by atoms with Gasteiger partial charge in [0.15, 0.2) is 0 Å². The van der Waals surface area contributed by atoms with Gasteiger partial charge in [0.2, 0.25) is 5.91 Å². The second-order valence-corrected chi connectivity index (χ2v) is 7.97. The average molecular weight is 469 g/mol. The van der Waals surface area contributed by atoms with Crippen LogP contribution in [0, 0.1) is 26.1 Å². The summed E-state index contributed by atoms with van der Waals surface area (Å²) in [4.78, 5) is 38.0. The summed E-state index contributed by atoms with van der Waals surface area (Å²) in [5.74, 6) is -0.00136. The SMILES string of the molecule is CCN(CC)C(=O)[C@H]1CCCN(c2ccc([N+](=O)[O-])cc2/C=N\Nc2ccc([N+](=O)[O-])cc2)C1. The molecule has 1 aliphatic heterocycles. The van der Waals surface area contributed by atoms with E-state index in [1.165, 1.54) is 42.6 Å². The number of amides is 1. The van der Waals surface area contributed by atoms with E-state index in [2.05, 4.69) is 15.4 Å². The lowest BCUT2D eigenvalue weighted by atomic mass is 9.95. The lowest BCUT2D eigenvalue weighted by Gasteiger charge is -2.36. The van der Waals surface area contributed by atoms with Gasteiger partial charge in [-0.15, -0.1) is 0 Å². The maximum Gasteiger partial charge on any atom is 0.270 e. The minimum absolute atomic E-state index is 0.0330. The van der Waals surface area contributed by atoms with Crippen LogP contribution in [-0.4, -0.2) is 53.0 Å². The molecule has 1 aliphatic rings. The molecule has 2 aromatic carbocycles. The Kier molecular flexibility index (Phi) is 8.12. The first kappa shape index (κ1) is 24.6. The number of rotatable bonds is 9. The van der Waals surface area contributed by atoms with Gasteiger partial charge in [-0.25, -0.2) is 0 Å². The fraction of sp³-hybridized carbons (Fsp3) is 0.391. The molecule has 11 heteroatoms. The third-order valence-corrected chi connectivity index (χ3v) is 5.88. The number of piperidine rings is 1. The van der Waals surface area contributed by atoms with Crippen molar-refractivity contribution in [1.82, 2.24) is 4.90 Å². The number of carbonyl (C=O) groups is 1. The molecule has 0 bridgehead atoms. The summed E-state index contributed by atoms with van der Waals surface area (Å²) in [5, 5.41) is 26.3. The van der Waals surface area contributed by atoms with Gasteiger partial charge in [0, 0.05) is 61.7 Å². The maximum atomic E-state index is 12.9. The van der Waals surface area contributed by atoms with Gasteiger partial charge in [-0.2, -0.15) is 5.10 Å². The van der Waals surface area contributed by atoms with Crippen LogP contribution in [0.4, 0.5) is 22.7 Å². The molecule has 11 nitrogen and oxygen atoms in total. The Bertz CT molecular complexity index is 1070. The smallest absolute Gasteiger partial charge is 0.270 e. The normalized spacial score (nSPS) is 15.8.